The van der Waals surface area contributed by atoms with Crippen molar-refractivity contribution in [3.8, 4) is 0 Å². The second-order valence-electron chi connectivity index (χ2n) is 6.05. The minimum Gasteiger partial charge on any atom is -0.382 e. The Morgan fingerprint density at radius 3 is 2.52 bits per heavy atom. The number of hydrogen-bond donors (Lipinski definition) is 2. The molecule has 2 N–H and O–H groups in total. The Morgan fingerprint density at radius 2 is 1.90 bits per heavy atom. The summed E-state index contributed by atoms with van der Waals surface area (Å²) in [6.07, 6.45) is 6.32. The fourth-order valence-corrected chi connectivity index (χ4v) is 3.11. The van der Waals surface area contributed by atoms with Crippen LogP contribution in [0.4, 0.5) is 17.1 Å². The van der Waals surface area contributed by atoms with Gasteiger partial charge in [0.15, 0.2) is 0 Å². The highest BCUT2D eigenvalue weighted by Crippen LogP contribution is 2.33. The molecule has 0 aliphatic heterocycles. The van der Waals surface area contributed by atoms with Crippen LogP contribution in [-0.4, -0.2) is 18.5 Å². The van der Waals surface area contributed by atoms with E-state index in [1.807, 2.05) is 6.07 Å². The molecule has 0 unspecified atom stereocenters. The summed E-state index contributed by atoms with van der Waals surface area (Å²) in [5.74, 6) is 1.63. The number of nitro benzene ring substituents is 1. The number of rotatable bonds is 6. The standard InChI is InChI=1S/C16H25N3O2/c1-12-6-8-13(9-7-12)10-11-18-15-5-3-4-14(17-2)16(15)19(20)21/h3-5,12-13,17-18H,6-11H2,1-2H3. The highest BCUT2D eigenvalue weighted by atomic mass is 16.6. The topological polar surface area (TPSA) is 67.2 Å². The van der Waals surface area contributed by atoms with Crippen LogP contribution in [0.2, 0.25) is 0 Å². The maximum absolute atomic E-state index is 11.2. The first-order valence-corrected chi connectivity index (χ1v) is 7.80. The molecule has 1 aliphatic carbocycles. The third kappa shape index (κ3) is 4.09. The molecule has 1 aromatic carbocycles. The van der Waals surface area contributed by atoms with E-state index in [0.717, 1.165) is 24.8 Å². The number of nitrogens with zero attached hydrogens (tertiary/aromatic N) is 1. The van der Waals surface area contributed by atoms with E-state index >= 15 is 0 Å². The normalized spacial score (nSPS) is 21.8. The lowest BCUT2D eigenvalue weighted by atomic mass is 9.81. The lowest BCUT2D eigenvalue weighted by molar-refractivity contribution is -0.383. The lowest BCUT2D eigenvalue weighted by Crippen LogP contribution is -2.16. The molecule has 21 heavy (non-hydrogen) atoms. The maximum Gasteiger partial charge on any atom is 0.315 e. The summed E-state index contributed by atoms with van der Waals surface area (Å²) in [5, 5.41) is 17.4. The second-order valence-corrected chi connectivity index (χ2v) is 6.05. The Hall–Kier alpha value is -1.78. The van der Waals surface area contributed by atoms with E-state index in [1.165, 1.54) is 25.7 Å². The van der Waals surface area contributed by atoms with Crippen LogP contribution in [0.3, 0.4) is 0 Å². The van der Waals surface area contributed by atoms with Gasteiger partial charge in [-0.25, -0.2) is 0 Å². The zero-order valence-electron chi connectivity index (χ0n) is 12.9. The number of hydrogen-bond acceptors (Lipinski definition) is 4. The molecule has 1 fully saturated rings. The summed E-state index contributed by atoms with van der Waals surface area (Å²) in [7, 11) is 1.70. The molecule has 0 saturated heterocycles. The third-order valence-electron chi connectivity index (χ3n) is 4.49. The van der Waals surface area contributed by atoms with Crippen LogP contribution in [0.1, 0.15) is 39.0 Å². The number of anilines is 2. The number of benzene rings is 1. The molecular weight excluding hydrogens is 266 g/mol. The number of nitro groups is 1. The quantitative estimate of drug-likeness (QED) is 0.607. The van der Waals surface area contributed by atoms with Gasteiger partial charge >= 0.3 is 5.69 Å². The first kappa shape index (κ1) is 15.6. The molecule has 5 nitrogen and oxygen atoms in total. The minimum atomic E-state index is -0.323. The van der Waals surface area contributed by atoms with E-state index in [9.17, 15) is 10.1 Å². The molecule has 0 atom stereocenters. The summed E-state index contributed by atoms with van der Waals surface area (Å²) in [6, 6.07) is 5.34. The summed E-state index contributed by atoms with van der Waals surface area (Å²) in [4.78, 5) is 10.9. The lowest BCUT2D eigenvalue weighted by Gasteiger charge is -2.26. The Morgan fingerprint density at radius 1 is 1.24 bits per heavy atom. The molecule has 0 aromatic heterocycles. The van der Waals surface area contributed by atoms with Gasteiger partial charge < -0.3 is 10.6 Å². The van der Waals surface area contributed by atoms with Crippen molar-refractivity contribution in [1.29, 1.82) is 0 Å². The fraction of sp³-hybridized carbons (Fsp3) is 0.625. The molecule has 0 amide bonds. The molecule has 0 heterocycles. The van der Waals surface area contributed by atoms with E-state index in [1.54, 1.807) is 19.2 Å². The molecule has 2 rings (SSSR count). The van der Waals surface area contributed by atoms with Crippen LogP contribution in [0.25, 0.3) is 0 Å². The van der Waals surface area contributed by atoms with Gasteiger partial charge in [0.1, 0.15) is 11.4 Å². The molecule has 5 heteroatoms. The van der Waals surface area contributed by atoms with Crippen LogP contribution >= 0.6 is 0 Å². The molecule has 0 bridgehead atoms. The SMILES string of the molecule is CNc1cccc(NCCC2CCC(C)CC2)c1[N+](=O)[O-]. The summed E-state index contributed by atoms with van der Waals surface area (Å²) in [6.45, 7) is 3.12. The third-order valence-corrected chi connectivity index (χ3v) is 4.49. The molecule has 1 saturated carbocycles. The predicted octanol–water partition coefficient (Wildman–Crippen LogP) is 4.26. The van der Waals surface area contributed by atoms with Crippen molar-refractivity contribution in [2.24, 2.45) is 11.8 Å². The zero-order chi connectivity index (χ0) is 15.2. The van der Waals surface area contributed by atoms with Crippen LogP contribution in [-0.2, 0) is 0 Å². The van der Waals surface area contributed by atoms with Gasteiger partial charge in [0.2, 0.25) is 0 Å². The molecule has 1 aromatic rings. The molecule has 0 spiro atoms. The fourth-order valence-electron chi connectivity index (χ4n) is 3.11. The molecular formula is C16H25N3O2. The van der Waals surface area contributed by atoms with E-state index < -0.39 is 0 Å². The molecule has 116 valence electrons. The summed E-state index contributed by atoms with van der Waals surface area (Å²) in [5.41, 5.74) is 1.30. The van der Waals surface area contributed by atoms with Gasteiger partial charge in [-0.2, -0.15) is 0 Å². The van der Waals surface area contributed by atoms with Crippen LogP contribution < -0.4 is 10.6 Å². The van der Waals surface area contributed by atoms with Gasteiger partial charge in [-0.15, -0.1) is 0 Å². The molecule has 0 radical (unpaired) electrons. The smallest absolute Gasteiger partial charge is 0.315 e. The minimum absolute atomic E-state index is 0.136. The first-order valence-electron chi connectivity index (χ1n) is 7.80. The van der Waals surface area contributed by atoms with Crippen molar-refractivity contribution in [2.45, 2.75) is 39.0 Å². The maximum atomic E-state index is 11.2. The van der Waals surface area contributed by atoms with Crippen molar-refractivity contribution in [3.63, 3.8) is 0 Å². The Labute approximate surface area is 126 Å². The van der Waals surface area contributed by atoms with Crippen molar-refractivity contribution >= 4 is 17.1 Å². The number of para-hydroxylation sites is 1. The predicted molar refractivity (Wildman–Crippen MR) is 86.9 cm³/mol. The average Bonchev–Trinajstić information content (AvgIpc) is 2.48. The van der Waals surface area contributed by atoms with E-state index in [4.69, 9.17) is 0 Å². The van der Waals surface area contributed by atoms with Gasteiger partial charge in [-0.1, -0.05) is 38.7 Å². The van der Waals surface area contributed by atoms with Crippen LogP contribution in [0.15, 0.2) is 18.2 Å². The van der Waals surface area contributed by atoms with Crippen molar-refractivity contribution in [3.05, 3.63) is 28.3 Å². The average molecular weight is 291 g/mol. The summed E-state index contributed by atoms with van der Waals surface area (Å²) < 4.78 is 0. The van der Waals surface area contributed by atoms with Crippen LogP contribution in [0, 0.1) is 22.0 Å². The van der Waals surface area contributed by atoms with Crippen LogP contribution in [0.5, 0.6) is 0 Å². The molecule has 1 aliphatic rings. The monoisotopic (exact) mass is 291 g/mol. The van der Waals surface area contributed by atoms with E-state index in [0.29, 0.717) is 11.4 Å². The highest BCUT2D eigenvalue weighted by molar-refractivity contribution is 5.75. The van der Waals surface area contributed by atoms with Gasteiger partial charge in [0.25, 0.3) is 0 Å². The Balaban J connectivity index is 1.92. The van der Waals surface area contributed by atoms with Gasteiger partial charge in [-0.3, -0.25) is 10.1 Å². The second kappa shape index (κ2) is 7.29. The van der Waals surface area contributed by atoms with E-state index in [2.05, 4.69) is 17.6 Å². The number of nitrogens with one attached hydrogen (secondary N) is 2. The van der Waals surface area contributed by atoms with Gasteiger partial charge in [-0.05, 0) is 30.4 Å². The Bertz CT molecular complexity index is 482. The van der Waals surface area contributed by atoms with Gasteiger partial charge in [0.05, 0.1) is 4.92 Å². The summed E-state index contributed by atoms with van der Waals surface area (Å²) >= 11 is 0. The zero-order valence-corrected chi connectivity index (χ0v) is 12.9. The first-order chi connectivity index (χ1) is 10.1. The highest BCUT2D eigenvalue weighted by Gasteiger charge is 2.20. The Kier molecular flexibility index (Phi) is 5.42. The van der Waals surface area contributed by atoms with Crippen molar-refractivity contribution in [1.82, 2.24) is 0 Å². The van der Waals surface area contributed by atoms with Crippen molar-refractivity contribution < 1.29 is 4.92 Å². The van der Waals surface area contributed by atoms with Gasteiger partial charge in [0, 0.05) is 13.6 Å². The van der Waals surface area contributed by atoms with E-state index in [-0.39, 0.29) is 10.6 Å². The largest absolute Gasteiger partial charge is 0.382 e. The van der Waals surface area contributed by atoms with Crippen molar-refractivity contribution in [2.75, 3.05) is 24.2 Å².